The first kappa shape index (κ1) is 20.1. The molecule has 4 aromatic carbocycles. The van der Waals surface area contributed by atoms with Crippen LogP contribution in [0.4, 0.5) is 0 Å². The molecule has 0 fully saturated rings. The van der Waals surface area contributed by atoms with Crippen molar-refractivity contribution >= 4 is 16.8 Å². The second-order valence-corrected chi connectivity index (χ2v) is 7.48. The number of hydrogen-bond donors (Lipinski definition) is 0. The molecule has 1 heterocycles. The van der Waals surface area contributed by atoms with Crippen molar-refractivity contribution in [3.05, 3.63) is 119 Å². The number of ether oxygens (including phenoxy) is 1. The maximum absolute atomic E-state index is 6.82. The van der Waals surface area contributed by atoms with E-state index >= 15 is 0 Å². The van der Waals surface area contributed by atoms with Crippen LogP contribution in [0, 0.1) is 19.9 Å². The largest absolute Gasteiger partial charge is 0.475 e. The van der Waals surface area contributed by atoms with Crippen molar-refractivity contribution in [3.63, 3.8) is 0 Å². The van der Waals surface area contributed by atoms with E-state index in [9.17, 15) is 0 Å². The minimum atomic E-state index is -0.648. The summed E-state index contributed by atoms with van der Waals surface area (Å²) in [5.41, 5.74) is 5.18. The molecule has 0 amide bonds. The molecule has 0 saturated carbocycles. The zero-order chi connectivity index (χ0) is 19.1. The third-order valence-electron chi connectivity index (χ3n) is 5.64. The van der Waals surface area contributed by atoms with Gasteiger partial charge in [0.05, 0.1) is 0 Å². The summed E-state index contributed by atoms with van der Waals surface area (Å²) in [4.78, 5) is 0. The van der Waals surface area contributed by atoms with Crippen LogP contribution < -0.4 is 4.74 Å². The van der Waals surface area contributed by atoms with Crippen LogP contribution in [0.15, 0.2) is 84.9 Å². The van der Waals surface area contributed by atoms with Gasteiger partial charge in [0.15, 0.2) is 5.60 Å². The first-order chi connectivity index (χ1) is 13.7. The van der Waals surface area contributed by atoms with Gasteiger partial charge in [0.2, 0.25) is 0 Å². The standard InChI is InChI=1S/C27H21O.Y/c1-19-12-14-22(15-13-19)27(21-8-4-3-5-9-21)17-16-25-24-11-7-6-10-23(24)20(2)18-26(25)28-27;/h4-18H,1-2H3;/q-1;. The Balaban J connectivity index is 0.00000205. The van der Waals surface area contributed by atoms with Crippen molar-refractivity contribution in [2.75, 3.05) is 0 Å². The van der Waals surface area contributed by atoms with Gasteiger partial charge in [-0.1, -0.05) is 60.2 Å². The van der Waals surface area contributed by atoms with Crippen LogP contribution in [0.25, 0.3) is 16.8 Å². The van der Waals surface area contributed by atoms with Gasteiger partial charge >= 0.3 is 0 Å². The summed E-state index contributed by atoms with van der Waals surface area (Å²) in [5, 5.41) is 2.50. The Kier molecular flexibility index (Phi) is 5.47. The zero-order valence-corrected chi connectivity index (χ0v) is 19.5. The number of aryl methyl sites for hydroxylation is 2. The smallest absolute Gasteiger partial charge is 0.156 e. The molecule has 0 aromatic heterocycles. The Morgan fingerprint density at radius 1 is 0.793 bits per heavy atom. The van der Waals surface area contributed by atoms with E-state index in [0.29, 0.717) is 0 Å². The van der Waals surface area contributed by atoms with Crippen LogP contribution >= 0.6 is 0 Å². The molecule has 29 heavy (non-hydrogen) atoms. The van der Waals surface area contributed by atoms with Crippen LogP contribution in [-0.2, 0) is 38.3 Å². The quantitative estimate of drug-likeness (QED) is 0.313. The molecule has 1 aliphatic rings. The number of fused-ring (bicyclic) bond motifs is 3. The van der Waals surface area contributed by atoms with E-state index in [2.05, 4.69) is 98.8 Å². The third kappa shape index (κ3) is 3.37. The number of hydrogen-bond acceptors (Lipinski definition) is 1. The van der Waals surface area contributed by atoms with Gasteiger partial charge in [-0.3, -0.25) is 0 Å². The van der Waals surface area contributed by atoms with Crippen LogP contribution in [-0.4, -0.2) is 0 Å². The Hall–Kier alpha value is -2.22. The summed E-state index contributed by atoms with van der Waals surface area (Å²) >= 11 is 0. The van der Waals surface area contributed by atoms with Crippen LogP contribution in [0.1, 0.15) is 27.8 Å². The molecule has 4 aromatic rings. The minimum Gasteiger partial charge on any atom is -0.475 e. The predicted molar refractivity (Wildman–Crippen MR) is 116 cm³/mol. The fourth-order valence-corrected chi connectivity index (χ4v) is 4.12. The van der Waals surface area contributed by atoms with E-state index < -0.39 is 5.60 Å². The average Bonchev–Trinajstić information content (AvgIpc) is 2.75. The van der Waals surface area contributed by atoms with Crippen molar-refractivity contribution in [2.24, 2.45) is 0 Å². The minimum absolute atomic E-state index is 0. The molecule has 0 N–H and O–H groups in total. The monoisotopic (exact) mass is 450 g/mol. The van der Waals surface area contributed by atoms with Crippen LogP contribution in [0.3, 0.4) is 0 Å². The molecule has 5 rings (SSSR count). The fraction of sp³-hybridized carbons (Fsp3) is 0.111. The van der Waals surface area contributed by atoms with Gasteiger partial charge in [0.25, 0.3) is 0 Å². The SMILES string of the molecule is Cc1ccc(C2(c3cc[c-]cc3)C=Cc3c(cc(C)c4ccccc34)O2)cc1.[Y]. The summed E-state index contributed by atoms with van der Waals surface area (Å²) in [6, 6.07) is 30.5. The van der Waals surface area contributed by atoms with Crippen molar-refractivity contribution in [1.29, 1.82) is 0 Å². The molecule has 2 heteroatoms. The van der Waals surface area contributed by atoms with Gasteiger partial charge in [0.1, 0.15) is 5.75 Å². The second-order valence-electron chi connectivity index (χ2n) is 7.48. The van der Waals surface area contributed by atoms with Crippen molar-refractivity contribution < 1.29 is 37.4 Å². The maximum Gasteiger partial charge on any atom is 0.156 e. The van der Waals surface area contributed by atoms with E-state index in [-0.39, 0.29) is 32.7 Å². The molecule has 1 aliphatic heterocycles. The first-order valence-electron chi connectivity index (χ1n) is 9.62. The number of benzene rings is 4. The average molecular weight is 450 g/mol. The topological polar surface area (TPSA) is 9.23 Å². The molecule has 1 nitrogen and oxygen atoms in total. The predicted octanol–water partition coefficient (Wildman–Crippen LogP) is 6.60. The van der Waals surface area contributed by atoms with Gasteiger partial charge < -0.3 is 4.74 Å². The molecule has 0 bridgehead atoms. The summed E-state index contributed by atoms with van der Waals surface area (Å²) in [6.45, 7) is 4.26. The second kappa shape index (κ2) is 7.90. The Bertz CT molecular complexity index is 1190. The van der Waals surface area contributed by atoms with Gasteiger partial charge in [-0.05, 0) is 42.3 Å². The molecular weight excluding hydrogens is 429 g/mol. The maximum atomic E-state index is 6.82. The van der Waals surface area contributed by atoms with Gasteiger partial charge in [0, 0.05) is 43.8 Å². The Labute approximate surface area is 197 Å². The molecule has 1 radical (unpaired) electrons. The number of rotatable bonds is 2. The normalized spacial score (nSPS) is 17.3. The molecule has 0 saturated heterocycles. The van der Waals surface area contributed by atoms with Crippen molar-refractivity contribution in [1.82, 2.24) is 0 Å². The molecular formula is C27H21OY-. The molecule has 139 valence electrons. The molecule has 1 atom stereocenters. The van der Waals surface area contributed by atoms with Crippen LogP contribution in [0.2, 0.25) is 0 Å². The van der Waals surface area contributed by atoms with E-state index in [4.69, 9.17) is 4.74 Å². The third-order valence-corrected chi connectivity index (χ3v) is 5.64. The Morgan fingerprint density at radius 2 is 1.45 bits per heavy atom. The van der Waals surface area contributed by atoms with E-state index in [1.165, 1.54) is 21.9 Å². The summed E-state index contributed by atoms with van der Waals surface area (Å²) in [6.07, 6.45) is 4.41. The first-order valence-corrected chi connectivity index (χ1v) is 9.62. The van der Waals surface area contributed by atoms with E-state index in [0.717, 1.165) is 22.4 Å². The molecule has 0 spiro atoms. The van der Waals surface area contributed by atoms with Gasteiger partial charge in [-0.2, -0.15) is 30.3 Å². The zero-order valence-electron chi connectivity index (χ0n) is 16.6. The summed E-state index contributed by atoms with van der Waals surface area (Å²) in [5.74, 6) is 0.923. The van der Waals surface area contributed by atoms with Gasteiger partial charge in [-0.15, -0.1) is 5.56 Å². The molecule has 0 aliphatic carbocycles. The molecule has 1 unspecified atom stereocenters. The van der Waals surface area contributed by atoms with E-state index in [1.807, 2.05) is 12.1 Å². The van der Waals surface area contributed by atoms with Gasteiger partial charge in [-0.25, -0.2) is 0 Å². The summed E-state index contributed by atoms with van der Waals surface area (Å²) in [7, 11) is 0. The Morgan fingerprint density at radius 3 is 2.17 bits per heavy atom. The van der Waals surface area contributed by atoms with Crippen molar-refractivity contribution in [3.8, 4) is 5.75 Å². The van der Waals surface area contributed by atoms with Crippen LogP contribution in [0.5, 0.6) is 5.75 Å². The summed E-state index contributed by atoms with van der Waals surface area (Å²) < 4.78 is 6.82. The van der Waals surface area contributed by atoms with Crippen molar-refractivity contribution in [2.45, 2.75) is 19.4 Å². The van der Waals surface area contributed by atoms with E-state index in [1.54, 1.807) is 0 Å². The fourth-order valence-electron chi connectivity index (χ4n) is 4.12.